The number of nitrogens with zero attached hydrogens (tertiary/aromatic N) is 1. The van der Waals surface area contributed by atoms with E-state index in [1.54, 1.807) is 11.3 Å². The smallest absolute Gasteiger partial charge is 0.313 e. The van der Waals surface area contributed by atoms with Crippen LogP contribution in [0.3, 0.4) is 0 Å². The number of anilines is 1. The Bertz CT molecular complexity index is 343. The van der Waals surface area contributed by atoms with Crippen LogP contribution in [0.5, 0.6) is 0 Å². The first-order chi connectivity index (χ1) is 7.18. The molecule has 15 heavy (non-hydrogen) atoms. The second-order valence-electron chi connectivity index (χ2n) is 4.08. The number of rotatable bonds is 4. The normalized spacial score (nSPS) is 17.2. The fraction of sp³-hybridized carbons (Fsp3) is 0.545. The number of ether oxygens (including phenoxy) is 1. The van der Waals surface area contributed by atoms with Gasteiger partial charge in [0.1, 0.15) is 0 Å². The first kappa shape index (κ1) is 10.5. The highest BCUT2D eigenvalue weighted by atomic mass is 32.1. The molecule has 1 fully saturated rings. The summed E-state index contributed by atoms with van der Waals surface area (Å²) in [5.41, 5.74) is -0.229. The van der Waals surface area contributed by atoms with Gasteiger partial charge in [0.25, 0.3) is 0 Å². The van der Waals surface area contributed by atoms with Crippen molar-refractivity contribution in [3.63, 3.8) is 0 Å². The molecular weight excluding hydrogens is 210 g/mol. The van der Waals surface area contributed by atoms with Crippen LogP contribution in [0.15, 0.2) is 17.5 Å². The van der Waals surface area contributed by atoms with Gasteiger partial charge in [0, 0.05) is 13.6 Å². The van der Waals surface area contributed by atoms with Gasteiger partial charge in [-0.05, 0) is 30.4 Å². The summed E-state index contributed by atoms with van der Waals surface area (Å²) in [7, 11) is 3.49. The third-order valence-electron chi connectivity index (χ3n) is 2.89. The van der Waals surface area contributed by atoms with Gasteiger partial charge in [-0.15, -0.1) is 11.3 Å². The van der Waals surface area contributed by atoms with Gasteiger partial charge < -0.3 is 9.64 Å². The second kappa shape index (κ2) is 3.85. The third kappa shape index (κ3) is 2.00. The van der Waals surface area contributed by atoms with E-state index >= 15 is 0 Å². The highest BCUT2D eigenvalue weighted by Gasteiger charge is 2.51. The predicted molar refractivity (Wildman–Crippen MR) is 61.3 cm³/mol. The molecule has 1 aliphatic carbocycles. The van der Waals surface area contributed by atoms with E-state index in [4.69, 9.17) is 4.74 Å². The van der Waals surface area contributed by atoms with Gasteiger partial charge >= 0.3 is 5.97 Å². The van der Waals surface area contributed by atoms with Gasteiger partial charge in [0.05, 0.1) is 17.5 Å². The molecule has 0 atom stereocenters. The summed E-state index contributed by atoms with van der Waals surface area (Å²) < 4.78 is 4.83. The molecule has 0 saturated heterocycles. The van der Waals surface area contributed by atoms with E-state index in [-0.39, 0.29) is 11.4 Å². The monoisotopic (exact) mass is 225 g/mol. The molecule has 0 amide bonds. The highest BCUT2D eigenvalue weighted by Crippen LogP contribution is 2.47. The Morgan fingerprint density at radius 2 is 2.40 bits per heavy atom. The lowest BCUT2D eigenvalue weighted by molar-refractivity contribution is -0.146. The number of hydrogen-bond donors (Lipinski definition) is 0. The third-order valence-corrected chi connectivity index (χ3v) is 3.88. The Kier molecular flexibility index (Phi) is 2.69. The van der Waals surface area contributed by atoms with Crippen molar-refractivity contribution in [1.82, 2.24) is 0 Å². The van der Waals surface area contributed by atoms with E-state index in [1.807, 2.05) is 18.5 Å². The maximum Gasteiger partial charge on any atom is 0.313 e. The van der Waals surface area contributed by atoms with E-state index in [2.05, 4.69) is 11.0 Å². The van der Waals surface area contributed by atoms with E-state index in [0.29, 0.717) is 0 Å². The number of carbonyl (C=O) groups is 1. The molecule has 2 rings (SSSR count). The number of carbonyl (C=O) groups excluding carboxylic acids is 1. The van der Waals surface area contributed by atoms with E-state index < -0.39 is 0 Å². The summed E-state index contributed by atoms with van der Waals surface area (Å²) in [4.78, 5) is 13.7. The van der Waals surface area contributed by atoms with Gasteiger partial charge in [-0.2, -0.15) is 0 Å². The van der Waals surface area contributed by atoms with Gasteiger partial charge in [0.2, 0.25) is 0 Å². The number of thiophene rings is 1. The molecule has 3 nitrogen and oxygen atoms in total. The zero-order valence-corrected chi connectivity index (χ0v) is 9.84. The summed E-state index contributed by atoms with van der Waals surface area (Å²) in [6.45, 7) is 0.764. The highest BCUT2D eigenvalue weighted by molar-refractivity contribution is 7.14. The first-order valence-electron chi connectivity index (χ1n) is 5.01. The Labute approximate surface area is 93.7 Å². The fourth-order valence-corrected chi connectivity index (χ4v) is 2.51. The second-order valence-corrected chi connectivity index (χ2v) is 5.01. The molecule has 1 saturated carbocycles. The topological polar surface area (TPSA) is 29.5 Å². The molecule has 0 radical (unpaired) electrons. The first-order valence-corrected chi connectivity index (χ1v) is 5.89. The molecule has 1 heterocycles. The SMILES string of the molecule is COC(=O)C1(CN(C)c2cccs2)CC1. The Morgan fingerprint density at radius 3 is 2.87 bits per heavy atom. The zero-order valence-electron chi connectivity index (χ0n) is 9.03. The fourth-order valence-electron chi connectivity index (χ4n) is 1.81. The quantitative estimate of drug-likeness (QED) is 0.735. The van der Waals surface area contributed by atoms with Gasteiger partial charge in [0.15, 0.2) is 0 Å². The van der Waals surface area contributed by atoms with Crippen LogP contribution in [0.2, 0.25) is 0 Å². The minimum absolute atomic E-state index is 0.0640. The van der Waals surface area contributed by atoms with Crippen molar-refractivity contribution >= 4 is 22.3 Å². The maximum absolute atomic E-state index is 11.6. The molecule has 0 aliphatic heterocycles. The van der Waals surface area contributed by atoms with Crippen molar-refractivity contribution in [2.45, 2.75) is 12.8 Å². The maximum atomic E-state index is 11.6. The predicted octanol–water partition coefficient (Wildman–Crippen LogP) is 2.14. The van der Waals surface area contributed by atoms with E-state index in [0.717, 1.165) is 19.4 Å². The van der Waals surface area contributed by atoms with Crippen LogP contribution in [0.4, 0.5) is 5.00 Å². The number of esters is 1. The van der Waals surface area contributed by atoms with Gasteiger partial charge in [-0.25, -0.2) is 0 Å². The van der Waals surface area contributed by atoms with Crippen LogP contribution in [0.1, 0.15) is 12.8 Å². The van der Waals surface area contributed by atoms with Crippen LogP contribution >= 0.6 is 11.3 Å². The minimum atomic E-state index is -0.229. The lowest BCUT2D eigenvalue weighted by Crippen LogP contribution is -2.32. The van der Waals surface area contributed by atoms with Crippen LogP contribution in [-0.4, -0.2) is 26.7 Å². The van der Waals surface area contributed by atoms with Crippen LogP contribution < -0.4 is 4.90 Å². The largest absolute Gasteiger partial charge is 0.469 e. The van der Waals surface area contributed by atoms with Crippen LogP contribution in [0.25, 0.3) is 0 Å². The summed E-state index contributed by atoms with van der Waals surface area (Å²) in [6, 6.07) is 4.09. The zero-order chi connectivity index (χ0) is 10.9. The van der Waals surface area contributed by atoms with Gasteiger partial charge in [-0.1, -0.05) is 0 Å². The van der Waals surface area contributed by atoms with E-state index in [1.165, 1.54) is 12.1 Å². The molecule has 1 aliphatic rings. The molecule has 0 bridgehead atoms. The Hall–Kier alpha value is -1.03. The van der Waals surface area contributed by atoms with Gasteiger partial charge in [-0.3, -0.25) is 4.79 Å². The Morgan fingerprint density at radius 1 is 1.67 bits per heavy atom. The minimum Gasteiger partial charge on any atom is -0.469 e. The molecule has 0 spiro atoms. The standard InChI is InChI=1S/C11H15NO2S/c1-12(9-4-3-7-15-9)8-11(5-6-11)10(13)14-2/h3-4,7H,5-6,8H2,1-2H3. The molecule has 0 unspecified atom stereocenters. The van der Waals surface area contributed by atoms with Crippen molar-refractivity contribution in [3.05, 3.63) is 17.5 Å². The van der Waals surface area contributed by atoms with Crippen molar-refractivity contribution in [2.75, 3.05) is 25.6 Å². The average Bonchev–Trinajstić information content (AvgIpc) is 2.83. The average molecular weight is 225 g/mol. The molecule has 0 N–H and O–H groups in total. The summed E-state index contributed by atoms with van der Waals surface area (Å²) in [5.74, 6) is -0.0640. The van der Waals surface area contributed by atoms with Crippen molar-refractivity contribution in [1.29, 1.82) is 0 Å². The molecule has 1 aromatic rings. The molecular formula is C11H15NO2S. The molecule has 82 valence electrons. The van der Waals surface area contributed by atoms with Crippen molar-refractivity contribution < 1.29 is 9.53 Å². The Balaban J connectivity index is 2.00. The molecule has 0 aromatic carbocycles. The summed E-state index contributed by atoms with van der Waals surface area (Å²) in [6.07, 6.45) is 1.91. The van der Waals surface area contributed by atoms with Crippen molar-refractivity contribution in [3.8, 4) is 0 Å². The number of methoxy groups -OCH3 is 1. The van der Waals surface area contributed by atoms with Crippen molar-refractivity contribution in [2.24, 2.45) is 5.41 Å². The molecule has 4 heteroatoms. The van der Waals surface area contributed by atoms with Crippen LogP contribution in [0, 0.1) is 5.41 Å². The molecule has 1 aromatic heterocycles. The summed E-state index contributed by atoms with van der Waals surface area (Å²) >= 11 is 1.69. The summed E-state index contributed by atoms with van der Waals surface area (Å²) in [5, 5.41) is 3.24. The number of hydrogen-bond acceptors (Lipinski definition) is 4. The lowest BCUT2D eigenvalue weighted by Gasteiger charge is -2.22. The van der Waals surface area contributed by atoms with Crippen LogP contribution in [-0.2, 0) is 9.53 Å². The van der Waals surface area contributed by atoms with E-state index in [9.17, 15) is 4.79 Å². The lowest BCUT2D eigenvalue weighted by atomic mass is 10.1.